The van der Waals surface area contributed by atoms with Crippen molar-refractivity contribution in [2.75, 3.05) is 0 Å². The zero-order chi connectivity index (χ0) is 25.9. The van der Waals surface area contributed by atoms with Crippen LogP contribution >= 0.6 is 0 Å². The molecule has 1 aromatic heterocycles. The third-order valence-electron chi connectivity index (χ3n) is 6.26. The first-order valence-electron chi connectivity index (χ1n) is 11.8. The van der Waals surface area contributed by atoms with Crippen LogP contribution in [0, 0.1) is 12.7 Å². The van der Waals surface area contributed by atoms with Crippen molar-refractivity contribution in [1.29, 1.82) is 0 Å². The smallest absolute Gasteiger partial charge is 0.296 e. The number of ketones is 1. The average molecular weight is 498 g/mol. The summed E-state index contributed by atoms with van der Waals surface area (Å²) in [5.74, 6) is -1.72. The van der Waals surface area contributed by atoms with Gasteiger partial charge in [-0.1, -0.05) is 48.0 Å². The van der Waals surface area contributed by atoms with Gasteiger partial charge < -0.3 is 19.2 Å². The quantitative estimate of drug-likeness (QED) is 0.195. The Bertz CT molecular complexity index is 1470. The van der Waals surface area contributed by atoms with Crippen LogP contribution < -0.4 is 4.74 Å². The van der Waals surface area contributed by atoms with Gasteiger partial charge in [-0.3, -0.25) is 9.59 Å². The topological polar surface area (TPSA) is 80.0 Å². The van der Waals surface area contributed by atoms with Crippen molar-refractivity contribution in [3.63, 3.8) is 0 Å². The summed E-state index contributed by atoms with van der Waals surface area (Å²) in [6, 6.07) is 22.6. The third-order valence-corrected chi connectivity index (χ3v) is 6.26. The first kappa shape index (κ1) is 24.1. The van der Waals surface area contributed by atoms with Crippen LogP contribution in [0.4, 0.5) is 4.39 Å². The maximum Gasteiger partial charge on any atom is 0.296 e. The molecule has 3 aromatic carbocycles. The molecular formula is C30H24FNO5. The summed E-state index contributed by atoms with van der Waals surface area (Å²) in [7, 11) is 0. The van der Waals surface area contributed by atoms with Gasteiger partial charge in [-0.2, -0.15) is 0 Å². The molecule has 186 valence electrons. The minimum atomic E-state index is -1.12. The Morgan fingerprint density at radius 3 is 2.49 bits per heavy atom. The molecule has 1 atom stereocenters. The fourth-order valence-electron chi connectivity index (χ4n) is 4.47. The molecule has 1 aliphatic rings. The number of carbonyl (C=O) groups excluding carboxylic acids is 2. The second-order valence-corrected chi connectivity index (χ2v) is 8.83. The highest BCUT2D eigenvalue weighted by atomic mass is 19.1. The number of aryl methyl sites for hydroxylation is 1. The Kier molecular flexibility index (Phi) is 6.60. The van der Waals surface area contributed by atoms with Crippen LogP contribution in [0.25, 0.3) is 5.76 Å². The van der Waals surface area contributed by atoms with Crippen molar-refractivity contribution in [3.05, 3.63) is 131 Å². The molecule has 0 unspecified atom stereocenters. The summed E-state index contributed by atoms with van der Waals surface area (Å²) >= 11 is 0. The van der Waals surface area contributed by atoms with Gasteiger partial charge in [0.15, 0.2) is 0 Å². The number of Topliss-reactive ketones (excluding diaryl/α,β-unsaturated/α-hetero) is 1. The number of halogens is 1. The predicted octanol–water partition coefficient (Wildman–Crippen LogP) is 5.93. The van der Waals surface area contributed by atoms with E-state index in [0.29, 0.717) is 23.7 Å². The van der Waals surface area contributed by atoms with E-state index in [1.54, 1.807) is 42.5 Å². The van der Waals surface area contributed by atoms with E-state index in [-0.39, 0.29) is 17.7 Å². The lowest BCUT2D eigenvalue weighted by Gasteiger charge is -2.24. The number of nitrogens with zero attached hydrogens (tertiary/aromatic N) is 1. The Morgan fingerprint density at radius 2 is 1.78 bits per heavy atom. The fraction of sp³-hybridized carbons (Fsp3) is 0.133. The molecule has 2 heterocycles. The molecule has 1 amide bonds. The summed E-state index contributed by atoms with van der Waals surface area (Å²) < 4.78 is 26.1. The standard InChI is InChI=1S/C30H24FNO5/c1-19-6-4-7-20(16-19)18-37-22-13-11-21(12-14-22)28(33)26-27(24-9-2-3-10-25(24)31)32(30(35)29(26)34)17-23-8-5-15-36-23/h2-16,27,33H,17-18H2,1H3/b28-26+/t27-/m1/s1. The van der Waals surface area contributed by atoms with Crippen LogP contribution in [0.1, 0.15) is 34.1 Å². The summed E-state index contributed by atoms with van der Waals surface area (Å²) in [4.78, 5) is 27.4. The second kappa shape index (κ2) is 10.1. The molecular weight excluding hydrogens is 473 g/mol. The number of ether oxygens (including phenoxy) is 1. The van der Waals surface area contributed by atoms with Gasteiger partial charge in [-0.15, -0.1) is 0 Å². The molecule has 1 fully saturated rings. The first-order chi connectivity index (χ1) is 17.9. The lowest BCUT2D eigenvalue weighted by atomic mass is 9.95. The van der Waals surface area contributed by atoms with Crippen molar-refractivity contribution < 1.29 is 28.2 Å². The van der Waals surface area contributed by atoms with E-state index in [0.717, 1.165) is 11.1 Å². The van der Waals surface area contributed by atoms with Crippen LogP contribution in [0.5, 0.6) is 5.75 Å². The van der Waals surface area contributed by atoms with Gasteiger partial charge in [0.25, 0.3) is 11.7 Å². The van der Waals surface area contributed by atoms with E-state index >= 15 is 0 Å². The molecule has 5 rings (SSSR count). The molecule has 4 aromatic rings. The van der Waals surface area contributed by atoms with Crippen molar-refractivity contribution >= 4 is 17.4 Å². The number of amides is 1. The highest BCUT2D eigenvalue weighted by Crippen LogP contribution is 2.41. The van der Waals surface area contributed by atoms with E-state index in [1.807, 2.05) is 31.2 Å². The Balaban J connectivity index is 1.48. The molecule has 1 N–H and O–H groups in total. The molecule has 37 heavy (non-hydrogen) atoms. The number of aliphatic hydroxyl groups excluding tert-OH is 1. The van der Waals surface area contributed by atoms with Gasteiger partial charge >= 0.3 is 0 Å². The number of benzene rings is 3. The van der Waals surface area contributed by atoms with Crippen molar-refractivity contribution in [3.8, 4) is 5.75 Å². The predicted molar refractivity (Wildman–Crippen MR) is 135 cm³/mol. The molecule has 1 aliphatic heterocycles. The van der Waals surface area contributed by atoms with E-state index in [9.17, 15) is 19.1 Å². The van der Waals surface area contributed by atoms with Gasteiger partial charge in [-0.05, 0) is 55.0 Å². The van der Waals surface area contributed by atoms with E-state index < -0.39 is 29.3 Å². The number of hydrogen-bond acceptors (Lipinski definition) is 5. The maximum atomic E-state index is 14.9. The van der Waals surface area contributed by atoms with E-state index in [4.69, 9.17) is 9.15 Å². The molecule has 0 aliphatic carbocycles. The molecule has 6 nitrogen and oxygen atoms in total. The zero-order valence-electron chi connectivity index (χ0n) is 20.1. The largest absolute Gasteiger partial charge is 0.507 e. The number of aliphatic hydroxyl groups is 1. The van der Waals surface area contributed by atoms with Gasteiger partial charge in [0.2, 0.25) is 0 Å². The summed E-state index contributed by atoms with van der Waals surface area (Å²) in [5, 5.41) is 11.2. The number of furan rings is 1. The maximum absolute atomic E-state index is 14.9. The van der Waals surface area contributed by atoms with Crippen molar-refractivity contribution in [2.24, 2.45) is 0 Å². The van der Waals surface area contributed by atoms with Gasteiger partial charge in [0.05, 0.1) is 24.4 Å². The van der Waals surface area contributed by atoms with Crippen LogP contribution in [-0.2, 0) is 22.7 Å². The summed E-state index contributed by atoms with van der Waals surface area (Å²) in [6.07, 6.45) is 1.45. The van der Waals surface area contributed by atoms with Crippen LogP contribution in [-0.4, -0.2) is 21.7 Å². The Hall–Kier alpha value is -4.65. The Labute approximate surface area is 213 Å². The highest BCUT2D eigenvalue weighted by Gasteiger charge is 2.47. The SMILES string of the molecule is Cc1cccc(COc2ccc(/C(O)=C3\C(=O)C(=O)N(Cc4ccco4)[C@@H]3c3ccccc3F)cc2)c1. The van der Waals surface area contributed by atoms with E-state index in [2.05, 4.69) is 0 Å². The third kappa shape index (κ3) is 4.89. The molecule has 0 saturated carbocycles. The Morgan fingerprint density at radius 1 is 1.00 bits per heavy atom. The first-order valence-corrected chi connectivity index (χ1v) is 11.8. The fourth-order valence-corrected chi connectivity index (χ4v) is 4.47. The lowest BCUT2D eigenvalue weighted by molar-refractivity contribution is -0.140. The number of likely N-dealkylation sites (tertiary alicyclic amines) is 1. The minimum Gasteiger partial charge on any atom is -0.507 e. The van der Waals surface area contributed by atoms with Crippen LogP contribution in [0.2, 0.25) is 0 Å². The molecule has 0 radical (unpaired) electrons. The number of carbonyl (C=O) groups is 2. The van der Waals surface area contributed by atoms with E-state index in [1.165, 1.54) is 29.4 Å². The average Bonchev–Trinajstić information content (AvgIpc) is 3.50. The monoisotopic (exact) mass is 497 g/mol. The lowest BCUT2D eigenvalue weighted by Crippen LogP contribution is -2.29. The van der Waals surface area contributed by atoms with Crippen LogP contribution in [0.3, 0.4) is 0 Å². The summed E-state index contributed by atoms with van der Waals surface area (Å²) in [6.45, 7) is 2.32. The van der Waals surface area contributed by atoms with Crippen molar-refractivity contribution in [1.82, 2.24) is 4.90 Å². The minimum absolute atomic E-state index is 0.0565. The number of rotatable bonds is 7. The van der Waals surface area contributed by atoms with Gasteiger partial charge in [0.1, 0.15) is 29.7 Å². The summed E-state index contributed by atoms with van der Waals surface area (Å²) in [5.41, 5.74) is 2.38. The number of hydrogen-bond donors (Lipinski definition) is 1. The molecule has 7 heteroatoms. The highest BCUT2D eigenvalue weighted by molar-refractivity contribution is 6.46. The van der Waals surface area contributed by atoms with Crippen LogP contribution in [0.15, 0.2) is 101 Å². The second-order valence-electron chi connectivity index (χ2n) is 8.83. The van der Waals surface area contributed by atoms with Gasteiger partial charge in [0, 0.05) is 11.1 Å². The molecule has 0 spiro atoms. The molecule has 1 saturated heterocycles. The normalized spacial score (nSPS) is 16.8. The zero-order valence-corrected chi connectivity index (χ0v) is 20.1. The van der Waals surface area contributed by atoms with Gasteiger partial charge in [-0.25, -0.2) is 4.39 Å². The molecule has 0 bridgehead atoms. The van der Waals surface area contributed by atoms with Crippen molar-refractivity contribution in [2.45, 2.75) is 26.1 Å².